The van der Waals surface area contributed by atoms with E-state index in [4.69, 9.17) is 0 Å². The van der Waals surface area contributed by atoms with Crippen molar-refractivity contribution in [3.63, 3.8) is 0 Å². The predicted molar refractivity (Wildman–Crippen MR) is 95.6 cm³/mol. The van der Waals surface area contributed by atoms with E-state index in [1.807, 2.05) is 35.7 Å². The molecule has 4 nitrogen and oxygen atoms in total. The van der Waals surface area contributed by atoms with E-state index in [-0.39, 0.29) is 17.9 Å². The standard InChI is InChI=1S/C19H22N2O2S/c22-17(19-20-11-12-24-19)16(13-14-7-3-1-4-8-14)21-18(23)15-9-5-2-6-10-15/h1-5,7-8,11-12,15-17,22H,6,9-10,13H2,(H,21,23)/t15-,16-,17+/m0/s1. The number of nitrogens with one attached hydrogen (secondary N) is 1. The van der Waals surface area contributed by atoms with Crippen LogP contribution in [-0.4, -0.2) is 22.0 Å². The van der Waals surface area contributed by atoms with Crippen molar-refractivity contribution in [2.45, 2.75) is 37.8 Å². The average Bonchev–Trinajstić information content (AvgIpc) is 3.17. The van der Waals surface area contributed by atoms with Gasteiger partial charge in [0.1, 0.15) is 11.1 Å². The third-order valence-corrected chi connectivity index (χ3v) is 5.20. The van der Waals surface area contributed by atoms with Crippen molar-refractivity contribution in [2.24, 2.45) is 5.92 Å². The molecule has 0 fully saturated rings. The fourth-order valence-corrected chi connectivity index (χ4v) is 3.68. The highest BCUT2D eigenvalue weighted by molar-refractivity contribution is 7.09. The molecular weight excluding hydrogens is 320 g/mol. The largest absolute Gasteiger partial charge is 0.384 e. The zero-order valence-electron chi connectivity index (χ0n) is 13.5. The zero-order valence-corrected chi connectivity index (χ0v) is 14.3. The summed E-state index contributed by atoms with van der Waals surface area (Å²) in [5.74, 6) is 0.0210. The van der Waals surface area contributed by atoms with Crippen LogP contribution in [0.5, 0.6) is 0 Å². The highest BCUT2D eigenvalue weighted by Crippen LogP contribution is 2.24. The molecule has 1 aromatic heterocycles. The summed E-state index contributed by atoms with van der Waals surface area (Å²) in [5, 5.41) is 16.2. The van der Waals surface area contributed by atoms with Crippen molar-refractivity contribution >= 4 is 17.2 Å². The van der Waals surface area contributed by atoms with Gasteiger partial charge in [-0.1, -0.05) is 42.5 Å². The predicted octanol–water partition coefficient (Wildman–Crippen LogP) is 3.26. The van der Waals surface area contributed by atoms with Crippen molar-refractivity contribution in [1.29, 1.82) is 0 Å². The molecule has 24 heavy (non-hydrogen) atoms. The number of carbonyl (C=O) groups is 1. The number of rotatable bonds is 6. The van der Waals surface area contributed by atoms with Gasteiger partial charge in [-0.25, -0.2) is 4.98 Å². The molecule has 0 radical (unpaired) electrons. The van der Waals surface area contributed by atoms with Gasteiger partial charge in [0, 0.05) is 17.5 Å². The van der Waals surface area contributed by atoms with Crippen LogP contribution in [0.1, 0.15) is 35.9 Å². The topological polar surface area (TPSA) is 62.2 Å². The first kappa shape index (κ1) is 16.9. The number of aromatic nitrogens is 1. The summed E-state index contributed by atoms with van der Waals surface area (Å²) in [5.41, 5.74) is 1.09. The fourth-order valence-electron chi connectivity index (χ4n) is 2.99. The number of amides is 1. The highest BCUT2D eigenvalue weighted by Gasteiger charge is 2.28. The molecule has 2 N–H and O–H groups in total. The van der Waals surface area contributed by atoms with Crippen molar-refractivity contribution < 1.29 is 9.90 Å². The molecule has 0 aliphatic heterocycles. The van der Waals surface area contributed by atoms with E-state index < -0.39 is 6.10 Å². The normalized spacial score (nSPS) is 19.6. The van der Waals surface area contributed by atoms with Crippen LogP contribution in [0, 0.1) is 5.92 Å². The van der Waals surface area contributed by atoms with Gasteiger partial charge < -0.3 is 10.4 Å². The molecule has 1 amide bonds. The summed E-state index contributed by atoms with van der Waals surface area (Å²) < 4.78 is 0. The molecule has 126 valence electrons. The van der Waals surface area contributed by atoms with Crippen molar-refractivity contribution in [1.82, 2.24) is 10.3 Å². The third-order valence-electron chi connectivity index (χ3n) is 4.35. The Balaban J connectivity index is 1.73. The molecule has 0 bridgehead atoms. The van der Waals surface area contributed by atoms with Crippen molar-refractivity contribution in [3.05, 3.63) is 64.6 Å². The lowest BCUT2D eigenvalue weighted by Gasteiger charge is -2.26. The van der Waals surface area contributed by atoms with Gasteiger partial charge in [0.05, 0.1) is 6.04 Å². The summed E-state index contributed by atoms with van der Waals surface area (Å²) in [6, 6.07) is 9.54. The summed E-state index contributed by atoms with van der Waals surface area (Å²) in [6.45, 7) is 0. The van der Waals surface area contributed by atoms with Gasteiger partial charge in [0.15, 0.2) is 0 Å². The molecule has 0 saturated carbocycles. The lowest BCUT2D eigenvalue weighted by Crippen LogP contribution is -2.44. The molecule has 0 saturated heterocycles. The van der Waals surface area contributed by atoms with E-state index in [1.54, 1.807) is 6.20 Å². The number of hydrogen-bond acceptors (Lipinski definition) is 4. The Labute approximate surface area is 146 Å². The Hall–Kier alpha value is -1.98. The average molecular weight is 342 g/mol. The van der Waals surface area contributed by atoms with E-state index in [1.165, 1.54) is 11.3 Å². The Morgan fingerprint density at radius 3 is 2.83 bits per heavy atom. The maximum Gasteiger partial charge on any atom is 0.223 e. The van der Waals surface area contributed by atoms with Gasteiger partial charge in [-0.3, -0.25) is 4.79 Å². The number of allylic oxidation sites excluding steroid dienone is 2. The SMILES string of the molecule is O=C(N[C@@H](Cc1ccccc1)[C@@H](O)c1nccs1)[C@H]1CC=CCC1. The molecule has 1 aliphatic carbocycles. The molecule has 5 heteroatoms. The van der Waals surface area contributed by atoms with Crippen molar-refractivity contribution in [3.8, 4) is 0 Å². The minimum Gasteiger partial charge on any atom is -0.384 e. The second-order valence-corrected chi connectivity index (χ2v) is 7.03. The molecule has 3 rings (SSSR count). The van der Waals surface area contributed by atoms with Crippen LogP contribution in [0.3, 0.4) is 0 Å². The molecule has 3 atom stereocenters. The van der Waals surface area contributed by atoms with E-state index in [2.05, 4.69) is 22.5 Å². The number of thiazole rings is 1. The van der Waals surface area contributed by atoms with Crippen LogP contribution in [0.25, 0.3) is 0 Å². The van der Waals surface area contributed by atoms with Gasteiger partial charge in [-0.05, 0) is 31.2 Å². The van der Waals surface area contributed by atoms with Crippen LogP contribution in [0.4, 0.5) is 0 Å². The maximum absolute atomic E-state index is 12.6. The van der Waals surface area contributed by atoms with Crippen LogP contribution in [-0.2, 0) is 11.2 Å². The van der Waals surface area contributed by atoms with Crippen LogP contribution in [0.2, 0.25) is 0 Å². The van der Waals surface area contributed by atoms with E-state index in [0.717, 1.165) is 24.8 Å². The molecule has 1 aromatic carbocycles. The monoisotopic (exact) mass is 342 g/mol. The third kappa shape index (κ3) is 4.30. The first-order valence-electron chi connectivity index (χ1n) is 8.31. The fraction of sp³-hybridized carbons (Fsp3) is 0.368. The molecule has 2 aromatic rings. The molecule has 0 spiro atoms. The van der Waals surface area contributed by atoms with Gasteiger partial charge in [0.2, 0.25) is 5.91 Å². The minimum atomic E-state index is -0.798. The number of benzene rings is 1. The summed E-state index contributed by atoms with van der Waals surface area (Å²) in [4.78, 5) is 16.8. The molecule has 1 heterocycles. The van der Waals surface area contributed by atoms with Crippen LogP contribution < -0.4 is 5.32 Å². The first-order valence-corrected chi connectivity index (χ1v) is 9.19. The van der Waals surface area contributed by atoms with Crippen LogP contribution >= 0.6 is 11.3 Å². The lowest BCUT2D eigenvalue weighted by molar-refractivity contribution is -0.126. The number of carbonyl (C=O) groups excluding carboxylic acids is 1. The van der Waals surface area contributed by atoms with E-state index in [0.29, 0.717) is 11.4 Å². The lowest BCUT2D eigenvalue weighted by atomic mass is 9.92. The molecule has 1 aliphatic rings. The maximum atomic E-state index is 12.6. The van der Waals surface area contributed by atoms with Crippen LogP contribution in [0.15, 0.2) is 54.1 Å². The number of nitrogens with zero attached hydrogens (tertiary/aromatic N) is 1. The Morgan fingerprint density at radius 1 is 1.33 bits per heavy atom. The molecule has 0 unspecified atom stereocenters. The first-order chi connectivity index (χ1) is 11.7. The Morgan fingerprint density at radius 2 is 2.17 bits per heavy atom. The second kappa shape index (κ2) is 8.22. The number of hydrogen-bond donors (Lipinski definition) is 2. The van der Waals surface area contributed by atoms with Crippen molar-refractivity contribution in [2.75, 3.05) is 0 Å². The summed E-state index contributed by atoms with van der Waals surface area (Å²) in [6.07, 6.45) is 8.23. The minimum absolute atomic E-state index is 0.00299. The van der Waals surface area contributed by atoms with E-state index >= 15 is 0 Å². The summed E-state index contributed by atoms with van der Waals surface area (Å²) in [7, 11) is 0. The second-order valence-electron chi connectivity index (χ2n) is 6.10. The van der Waals surface area contributed by atoms with Gasteiger partial charge in [-0.15, -0.1) is 11.3 Å². The van der Waals surface area contributed by atoms with Gasteiger partial charge in [-0.2, -0.15) is 0 Å². The van der Waals surface area contributed by atoms with Gasteiger partial charge in [0.25, 0.3) is 0 Å². The number of aliphatic hydroxyl groups is 1. The zero-order chi connectivity index (χ0) is 16.8. The summed E-state index contributed by atoms with van der Waals surface area (Å²) >= 11 is 1.41. The quantitative estimate of drug-likeness (QED) is 0.792. The van der Waals surface area contributed by atoms with Gasteiger partial charge >= 0.3 is 0 Å². The molecular formula is C19H22N2O2S. The highest BCUT2D eigenvalue weighted by atomic mass is 32.1. The van der Waals surface area contributed by atoms with E-state index in [9.17, 15) is 9.90 Å². The smallest absolute Gasteiger partial charge is 0.223 e. The Kier molecular flexibility index (Phi) is 5.77. The number of aliphatic hydroxyl groups excluding tert-OH is 1. The Bertz CT molecular complexity index is 670.